The average Bonchev–Trinajstić information content (AvgIpc) is 3.53. The van der Waals surface area contributed by atoms with E-state index in [4.69, 9.17) is 0 Å². The van der Waals surface area contributed by atoms with Crippen molar-refractivity contribution in [3.05, 3.63) is 69.4 Å². The fourth-order valence-electron chi connectivity index (χ4n) is 4.91. The second-order valence-electron chi connectivity index (χ2n) is 9.36. The molecule has 7 nitrogen and oxygen atoms in total. The van der Waals surface area contributed by atoms with Crippen LogP contribution in [0.25, 0.3) is 22.0 Å². The van der Waals surface area contributed by atoms with Crippen molar-refractivity contribution in [1.29, 1.82) is 0 Å². The van der Waals surface area contributed by atoms with Crippen molar-refractivity contribution in [2.45, 2.75) is 49.2 Å². The molecule has 0 atom stereocenters. The normalized spacial score (nSPS) is 18.7. The summed E-state index contributed by atoms with van der Waals surface area (Å²) in [5, 5.41) is 10.3. The van der Waals surface area contributed by atoms with Gasteiger partial charge in [-0.2, -0.15) is 0 Å². The minimum absolute atomic E-state index is 0.115. The van der Waals surface area contributed by atoms with E-state index in [9.17, 15) is 13.2 Å². The van der Waals surface area contributed by atoms with Crippen LogP contribution in [0.15, 0.2) is 63.9 Å². The number of aromatic nitrogens is 2. The third-order valence-electron chi connectivity index (χ3n) is 6.84. The molecule has 1 aliphatic rings. The number of thiophene rings is 1. The van der Waals surface area contributed by atoms with Gasteiger partial charge < -0.3 is 20.2 Å². The fourth-order valence-corrected chi connectivity index (χ4v) is 6.21. The van der Waals surface area contributed by atoms with E-state index in [-0.39, 0.29) is 10.5 Å². The number of hydrogen-bond donors (Lipinski definition) is 3. The molecule has 1 saturated carbocycles. The van der Waals surface area contributed by atoms with Crippen molar-refractivity contribution in [1.82, 2.24) is 14.9 Å². The van der Waals surface area contributed by atoms with Crippen molar-refractivity contribution in [3.63, 3.8) is 0 Å². The lowest BCUT2D eigenvalue weighted by Gasteiger charge is -2.31. The first-order valence-corrected chi connectivity index (χ1v) is 14.6. The lowest BCUT2D eigenvalue weighted by Crippen LogP contribution is -2.36. The number of aryl methyl sites for hydroxylation is 1. The highest BCUT2D eigenvalue weighted by Crippen LogP contribution is 2.36. The van der Waals surface area contributed by atoms with E-state index in [1.807, 2.05) is 12.1 Å². The molecule has 0 bridgehead atoms. The highest BCUT2D eigenvalue weighted by Gasteiger charge is 2.23. The van der Waals surface area contributed by atoms with Crippen LogP contribution in [0.1, 0.15) is 30.6 Å². The van der Waals surface area contributed by atoms with Crippen LogP contribution in [-0.2, 0) is 23.4 Å². The van der Waals surface area contributed by atoms with E-state index in [1.165, 1.54) is 15.7 Å². The fraction of sp³-hybridized carbons (Fsp3) is 0.346. The molecule has 1 aliphatic carbocycles. The van der Waals surface area contributed by atoms with E-state index in [1.54, 1.807) is 42.9 Å². The van der Waals surface area contributed by atoms with Crippen LogP contribution in [-0.4, -0.2) is 36.3 Å². The molecular formula is C26H30N4O3S2. The molecule has 0 radical (unpaired) electrons. The van der Waals surface area contributed by atoms with Gasteiger partial charge in [0.05, 0.1) is 4.90 Å². The maximum absolute atomic E-state index is 12.6. The standard InChI is InChI=1S/C26H30N4O3S2/c1-30-16-23(21-11-12-27-25(21)26(30)31)22-14-20(35(2,32)33)9-10-24(22)29-18-7-5-17(6-8-18)28-15-19-4-3-13-34-19/h3-4,9-14,16-18,27-29H,5-8,15H2,1-2H3/t17-,18-. The van der Waals surface area contributed by atoms with Crippen LogP contribution in [0, 0.1) is 0 Å². The van der Waals surface area contributed by atoms with Crippen LogP contribution in [0.4, 0.5) is 5.69 Å². The van der Waals surface area contributed by atoms with Gasteiger partial charge in [0.15, 0.2) is 9.84 Å². The van der Waals surface area contributed by atoms with Gasteiger partial charge in [-0.1, -0.05) is 6.07 Å². The molecule has 0 saturated heterocycles. The number of hydrogen-bond acceptors (Lipinski definition) is 6. The summed E-state index contributed by atoms with van der Waals surface area (Å²) in [6.07, 6.45) is 8.98. The number of rotatable bonds is 7. The van der Waals surface area contributed by atoms with Crippen LogP contribution < -0.4 is 16.2 Å². The van der Waals surface area contributed by atoms with Crippen LogP contribution in [0.2, 0.25) is 0 Å². The predicted octanol–water partition coefficient (Wildman–Crippen LogP) is 4.51. The van der Waals surface area contributed by atoms with Crippen molar-refractivity contribution in [2.24, 2.45) is 7.05 Å². The SMILES string of the molecule is Cn1cc(-c2cc(S(C)(=O)=O)ccc2N[C@H]2CC[C@H](NCc3cccs3)CC2)c2cc[nH]c2c1=O. The van der Waals surface area contributed by atoms with Gasteiger partial charge in [0.1, 0.15) is 5.52 Å². The number of nitrogens with zero attached hydrogens (tertiary/aromatic N) is 1. The van der Waals surface area contributed by atoms with Crippen molar-refractivity contribution >= 4 is 37.8 Å². The van der Waals surface area contributed by atoms with Gasteiger partial charge in [-0.05, 0) is 61.4 Å². The number of pyridine rings is 1. The number of nitrogens with one attached hydrogen (secondary N) is 3. The Balaban J connectivity index is 1.41. The Hall–Kier alpha value is -2.88. The zero-order chi connectivity index (χ0) is 24.6. The summed E-state index contributed by atoms with van der Waals surface area (Å²) in [6, 6.07) is 12.2. The summed E-state index contributed by atoms with van der Waals surface area (Å²) < 4.78 is 26.2. The Labute approximate surface area is 209 Å². The highest BCUT2D eigenvalue weighted by molar-refractivity contribution is 7.90. The maximum Gasteiger partial charge on any atom is 0.274 e. The van der Waals surface area contributed by atoms with Gasteiger partial charge in [0.25, 0.3) is 5.56 Å². The Bertz CT molecular complexity index is 1500. The van der Waals surface area contributed by atoms with Crippen LogP contribution >= 0.6 is 11.3 Å². The third-order valence-corrected chi connectivity index (χ3v) is 8.82. The van der Waals surface area contributed by atoms with Gasteiger partial charge >= 0.3 is 0 Å². The molecule has 1 fully saturated rings. The summed E-state index contributed by atoms with van der Waals surface area (Å²) in [6.45, 7) is 0.914. The molecule has 4 aromatic rings. The van der Waals surface area contributed by atoms with Gasteiger partial charge in [0.2, 0.25) is 0 Å². The molecule has 1 aromatic carbocycles. The monoisotopic (exact) mass is 510 g/mol. The summed E-state index contributed by atoms with van der Waals surface area (Å²) in [7, 11) is -1.67. The van der Waals surface area contributed by atoms with Gasteiger partial charge in [0, 0.05) is 71.4 Å². The summed E-state index contributed by atoms with van der Waals surface area (Å²) >= 11 is 1.78. The Morgan fingerprint density at radius 1 is 1.09 bits per heavy atom. The maximum atomic E-state index is 12.6. The highest BCUT2D eigenvalue weighted by atomic mass is 32.2. The molecule has 0 spiro atoms. The second kappa shape index (κ2) is 9.64. The van der Waals surface area contributed by atoms with E-state index < -0.39 is 9.84 Å². The topological polar surface area (TPSA) is 96.0 Å². The first-order chi connectivity index (χ1) is 16.8. The number of benzene rings is 1. The Kier molecular flexibility index (Phi) is 6.57. The van der Waals surface area contributed by atoms with Crippen LogP contribution in [0.3, 0.4) is 0 Å². The summed E-state index contributed by atoms with van der Waals surface area (Å²) in [5.74, 6) is 0. The van der Waals surface area contributed by atoms with E-state index >= 15 is 0 Å². The number of H-pyrrole nitrogens is 1. The van der Waals surface area contributed by atoms with Crippen molar-refractivity contribution in [3.8, 4) is 11.1 Å². The molecule has 3 aromatic heterocycles. The molecule has 0 unspecified atom stereocenters. The molecule has 9 heteroatoms. The Morgan fingerprint density at radius 2 is 1.86 bits per heavy atom. The quantitative estimate of drug-likeness (QED) is 0.340. The molecule has 3 N–H and O–H groups in total. The summed E-state index contributed by atoms with van der Waals surface area (Å²) in [5.41, 5.74) is 2.89. The predicted molar refractivity (Wildman–Crippen MR) is 143 cm³/mol. The molecule has 35 heavy (non-hydrogen) atoms. The van der Waals surface area contributed by atoms with E-state index in [2.05, 4.69) is 33.1 Å². The molecule has 0 aliphatic heterocycles. The first kappa shape index (κ1) is 23.8. The zero-order valence-corrected chi connectivity index (χ0v) is 21.5. The molecular weight excluding hydrogens is 480 g/mol. The molecule has 3 heterocycles. The van der Waals surface area contributed by atoms with Crippen molar-refractivity contribution < 1.29 is 8.42 Å². The summed E-state index contributed by atoms with van der Waals surface area (Å²) in [4.78, 5) is 17.2. The molecule has 0 amide bonds. The zero-order valence-electron chi connectivity index (χ0n) is 19.9. The minimum Gasteiger partial charge on any atom is -0.382 e. The average molecular weight is 511 g/mol. The van der Waals surface area contributed by atoms with Gasteiger partial charge in [-0.25, -0.2) is 8.42 Å². The number of fused-ring (bicyclic) bond motifs is 1. The third kappa shape index (κ3) is 5.07. The lowest BCUT2D eigenvalue weighted by molar-refractivity contribution is 0.354. The number of aromatic amines is 1. The lowest BCUT2D eigenvalue weighted by atomic mass is 9.90. The molecule has 184 valence electrons. The molecule has 5 rings (SSSR count). The minimum atomic E-state index is -3.39. The van der Waals surface area contributed by atoms with E-state index in [0.29, 0.717) is 17.6 Å². The smallest absolute Gasteiger partial charge is 0.274 e. The largest absolute Gasteiger partial charge is 0.382 e. The van der Waals surface area contributed by atoms with Crippen molar-refractivity contribution in [2.75, 3.05) is 11.6 Å². The Morgan fingerprint density at radius 3 is 2.57 bits per heavy atom. The second-order valence-corrected chi connectivity index (χ2v) is 12.4. The van der Waals surface area contributed by atoms with Gasteiger partial charge in [-0.15, -0.1) is 11.3 Å². The van der Waals surface area contributed by atoms with E-state index in [0.717, 1.165) is 54.4 Å². The number of anilines is 1. The first-order valence-electron chi connectivity index (χ1n) is 11.8. The van der Waals surface area contributed by atoms with Gasteiger partial charge in [-0.3, -0.25) is 4.79 Å². The van der Waals surface area contributed by atoms with Crippen LogP contribution in [0.5, 0.6) is 0 Å². The number of sulfone groups is 1.